The van der Waals surface area contributed by atoms with Gasteiger partial charge in [-0.15, -0.1) is 11.3 Å². The predicted octanol–water partition coefficient (Wildman–Crippen LogP) is 3.21. The molecule has 2 heterocycles. The van der Waals surface area contributed by atoms with Gasteiger partial charge in [-0.1, -0.05) is 12.1 Å². The van der Waals surface area contributed by atoms with E-state index >= 15 is 0 Å². The maximum Gasteiger partial charge on any atom is 0.251 e. The van der Waals surface area contributed by atoms with E-state index in [0.717, 1.165) is 42.9 Å². The fourth-order valence-electron chi connectivity index (χ4n) is 3.96. The van der Waals surface area contributed by atoms with Gasteiger partial charge in [0.15, 0.2) is 0 Å². The third kappa shape index (κ3) is 3.77. The monoisotopic (exact) mass is 355 g/mol. The number of nitrogens with one attached hydrogen (secondary N) is 2. The molecule has 2 aliphatic rings. The molecule has 2 aromatic rings. The molecule has 1 atom stereocenters. The second kappa shape index (κ2) is 7.26. The number of nitrogens with zero attached hydrogens (tertiary/aromatic N) is 1. The Bertz CT molecular complexity index is 747. The Morgan fingerprint density at radius 2 is 1.96 bits per heavy atom. The lowest BCUT2D eigenvalue weighted by Crippen LogP contribution is -2.38. The molecule has 4 nitrogen and oxygen atoms in total. The van der Waals surface area contributed by atoms with Crippen molar-refractivity contribution in [1.29, 1.82) is 0 Å². The van der Waals surface area contributed by atoms with Crippen molar-refractivity contribution in [2.24, 2.45) is 0 Å². The number of benzene rings is 1. The summed E-state index contributed by atoms with van der Waals surface area (Å²) in [6, 6.07) is 8.46. The number of fused-ring (bicyclic) bond motifs is 1. The zero-order valence-corrected chi connectivity index (χ0v) is 15.5. The van der Waals surface area contributed by atoms with Crippen molar-refractivity contribution in [2.75, 3.05) is 13.1 Å². The minimum atomic E-state index is 0.0477. The van der Waals surface area contributed by atoms with E-state index in [4.69, 9.17) is 0 Å². The number of carbonyl (C=O) groups is 1. The highest BCUT2D eigenvalue weighted by Crippen LogP contribution is 2.27. The van der Waals surface area contributed by atoms with Gasteiger partial charge >= 0.3 is 0 Å². The summed E-state index contributed by atoms with van der Waals surface area (Å²) >= 11 is 1.77. The zero-order chi connectivity index (χ0) is 17.2. The molecule has 25 heavy (non-hydrogen) atoms. The van der Waals surface area contributed by atoms with Crippen LogP contribution in [-0.4, -0.2) is 30.0 Å². The number of aromatic nitrogens is 1. The lowest BCUT2D eigenvalue weighted by atomic mass is 9.90. The molecule has 0 bridgehead atoms. The maximum absolute atomic E-state index is 12.6. The van der Waals surface area contributed by atoms with E-state index < -0.39 is 0 Å². The predicted molar refractivity (Wildman–Crippen MR) is 101 cm³/mol. The summed E-state index contributed by atoms with van der Waals surface area (Å²) in [5.41, 5.74) is 3.36. The van der Waals surface area contributed by atoms with Crippen LogP contribution in [0.15, 0.2) is 24.3 Å². The highest BCUT2D eigenvalue weighted by Gasteiger charge is 2.23. The van der Waals surface area contributed by atoms with Crippen LogP contribution < -0.4 is 10.6 Å². The minimum absolute atomic E-state index is 0.0477. The number of hydrogen-bond acceptors (Lipinski definition) is 4. The molecule has 0 radical (unpaired) electrons. The third-order valence-electron chi connectivity index (χ3n) is 5.37. The lowest BCUT2D eigenvalue weighted by Gasteiger charge is -2.24. The molecule has 132 valence electrons. The summed E-state index contributed by atoms with van der Waals surface area (Å²) in [7, 11) is 0. The highest BCUT2D eigenvalue weighted by atomic mass is 32.1. The molecule has 5 heteroatoms. The van der Waals surface area contributed by atoms with Gasteiger partial charge in [0.2, 0.25) is 0 Å². The first kappa shape index (κ1) is 16.7. The van der Waals surface area contributed by atoms with Crippen molar-refractivity contribution in [1.82, 2.24) is 15.6 Å². The van der Waals surface area contributed by atoms with E-state index in [9.17, 15) is 4.79 Å². The Morgan fingerprint density at radius 3 is 2.72 bits per heavy atom. The first-order valence-corrected chi connectivity index (χ1v) is 10.1. The average molecular weight is 356 g/mol. The Kier molecular flexibility index (Phi) is 4.86. The normalized spacial score (nSPS) is 20.9. The second-order valence-corrected chi connectivity index (χ2v) is 8.45. The molecule has 1 aliphatic carbocycles. The van der Waals surface area contributed by atoms with Crippen LogP contribution >= 0.6 is 11.3 Å². The van der Waals surface area contributed by atoms with Crippen LogP contribution in [0.25, 0.3) is 0 Å². The van der Waals surface area contributed by atoms with Crippen molar-refractivity contribution in [3.05, 3.63) is 51.0 Å². The number of amides is 1. The Balaban J connectivity index is 1.38. The van der Waals surface area contributed by atoms with Crippen molar-refractivity contribution in [3.63, 3.8) is 0 Å². The minimum Gasteiger partial charge on any atom is -0.349 e. The van der Waals surface area contributed by atoms with Crippen LogP contribution in [0, 0.1) is 6.92 Å². The summed E-state index contributed by atoms with van der Waals surface area (Å²) in [4.78, 5) is 18.5. The number of hydrogen-bond donors (Lipinski definition) is 2. The molecule has 1 aromatic heterocycles. The van der Waals surface area contributed by atoms with Crippen molar-refractivity contribution < 1.29 is 4.79 Å². The van der Waals surface area contributed by atoms with E-state index in [1.165, 1.54) is 29.0 Å². The lowest BCUT2D eigenvalue weighted by molar-refractivity contribution is 0.0933. The number of rotatable bonds is 3. The van der Waals surface area contributed by atoms with E-state index in [1.807, 2.05) is 12.1 Å². The fraction of sp³-hybridized carbons (Fsp3) is 0.500. The smallest absolute Gasteiger partial charge is 0.251 e. The SMILES string of the molecule is Cc1nc2c(s1)CC(NC(=O)c1ccc(C3CCNCC3)cc1)CC2. The number of piperidine rings is 1. The van der Waals surface area contributed by atoms with Gasteiger partial charge in [-0.05, 0) is 69.3 Å². The van der Waals surface area contributed by atoms with Crippen LogP contribution in [0.1, 0.15) is 56.7 Å². The Morgan fingerprint density at radius 1 is 1.20 bits per heavy atom. The first-order chi connectivity index (χ1) is 12.2. The van der Waals surface area contributed by atoms with Gasteiger partial charge in [-0.3, -0.25) is 4.79 Å². The summed E-state index contributed by atoms with van der Waals surface area (Å²) in [6.45, 7) is 4.24. The fourth-order valence-corrected chi connectivity index (χ4v) is 5.02. The molecule has 1 aromatic carbocycles. The topological polar surface area (TPSA) is 54.0 Å². The molecule has 4 rings (SSSR count). The number of thiazole rings is 1. The average Bonchev–Trinajstić information content (AvgIpc) is 3.02. The Hall–Kier alpha value is -1.72. The van der Waals surface area contributed by atoms with E-state index in [1.54, 1.807) is 11.3 Å². The van der Waals surface area contributed by atoms with Gasteiger partial charge < -0.3 is 10.6 Å². The van der Waals surface area contributed by atoms with Gasteiger partial charge in [0.1, 0.15) is 0 Å². The molecule has 1 aliphatic heterocycles. The van der Waals surface area contributed by atoms with Crippen LogP contribution in [0.4, 0.5) is 0 Å². The summed E-state index contributed by atoms with van der Waals surface area (Å²) in [5, 5.41) is 7.74. The van der Waals surface area contributed by atoms with E-state index in [0.29, 0.717) is 5.92 Å². The molecule has 0 saturated carbocycles. The van der Waals surface area contributed by atoms with Gasteiger partial charge in [0.05, 0.1) is 10.7 Å². The third-order valence-corrected chi connectivity index (χ3v) is 6.40. The second-order valence-electron chi connectivity index (χ2n) is 7.16. The molecule has 2 N–H and O–H groups in total. The zero-order valence-electron chi connectivity index (χ0n) is 14.7. The number of aryl methyl sites for hydroxylation is 2. The largest absolute Gasteiger partial charge is 0.349 e. The van der Waals surface area contributed by atoms with Crippen LogP contribution in [0.3, 0.4) is 0 Å². The van der Waals surface area contributed by atoms with E-state index in [2.05, 4.69) is 34.7 Å². The molecular weight excluding hydrogens is 330 g/mol. The summed E-state index contributed by atoms with van der Waals surface area (Å²) in [6.07, 6.45) is 5.24. The quantitative estimate of drug-likeness (QED) is 0.889. The van der Waals surface area contributed by atoms with Crippen molar-refractivity contribution >= 4 is 17.2 Å². The molecule has 0 spiro atoms. The number of carbonyl (C=O) groups excluding carboxylic acids is 1. The molecule has 1 amide bonds. The molecule has 1 unspecified atom stereocenters. The standard InChI is InChI=1S/C20H25N3OS/c1-13-22-18-7-6-17(12-19(18)25-13)23-20(24)16-4-2-14(3-5-16)15-8-10-21-11-9-15/h2-5,15,17,21H,6-12H2,1H3,(H,23,24). The van der Waals surface area contributed by atoms with E-state index in [-0.39, 0.29) is 11.9 Å². The highest BCUT2D eigenvalue weighted by molar-refractivity contribution is 7.11. The molecule has 1 fully saturated rings. The van der Waals surface area contributed by atoms with Gasteiger partial charge in [-0.2, -0.15) is 0 Å². The van der Waals surface area contributed by atoms with Crippen LogP contribution in [-0.2, 0) is 12.8 Å². The molecular formula is C20H25N3OS. The van der Waals surface area contributed by atoms with Crippen molar-refractivity contribution in [3.8, 4) is 0 Å². The van der Waals surface area contributed by atoms with Crippen LogP contribution in [0.5, 0.6) is 0 Å². The van der Waals surface area contributed by atoms with Gasteiger partial charge in [-0.25, -0.2) is 4.98 Å². The first-order valence-electron chi connectivity index (χ1n) is 9.26. The summed E-state index contributed by atoms with van der Waals surface area (Å²) in [5.74, 6) is 0.677. The van der Waals surface area contributed by atoms with Gasteiger partial charge in [0, 0.05) is 22.9 Å². The van der Waals surface area contributed by atoms with Gasteiger partial charge in [0.25, 0.3) is 5.91 Å². The maximum atomic E-state index is 12.6. The molecule has 1 saturated heterocycles. The van der Waals surface area contributed by atoms with Crippen molar-refractivity contribution in [2.45, 2.75) is 51.0 Å². The Labute approximate surface area is 153 Å². The van der Waals surface area contributed by atoms with Crippen LogP contribution in [0.2, 0.25) is 0 Å². The summed E-state index contributed by atoms with van der Waals surface area (Å²) < 4.78 is 0.